The molecule has 4 N–H and O–H groups in total. The van der Waals surface area contributed by atoms with E-state index in [0.717, 1.165) is 18.4 Å². The minimum absolute atomic E-state index is 0.0417. The molecule has 0 atom stereocenters. The maximum Gasteiger partial charge on any atom is 0.257 e. The van der Waals surface area contributed by atoms with Gasteiger partial charge in [0.2, 0.25) is 0 Å². The largest absolute Gasteiger partial charge is 0.493 e. The maximum absolute atomic E-state index is 11.5. The number of guanidine groups is 1. The van der Waals surface area contributed by atoms with Crippen molar-refractivity contribution in [1.82, 2.24) is 10.6 Å². The highest BCUT2D eigenvalue weighted by atomic mass is 16.5. The summed E-state index contributed by atoms with van der Waals surface area (Å²) in [7, 11) is 1.57. The number of nitrogens with one attached hydrogen (secondary N) is 2. The number of aliphatic imine (C=N–C) groups is 1. The minimum atomic E-state index is -0.161. The van der Waals surface area contributed by atoms with E-state index in [1.54, 1.807) is 13.2 Å². The summed E-state index contributed by atoms with van der Waals surface area (Å²) in [6, 6.07) is 5.97. The molecule has 0 spiro atoms. The summed E-state index contributed by atoms with van der Waals surface area (Å²) in [5.41, 5.74) is 7.01. The molecule has 0 aromatic heterocycles. The second kappa shape index (κ2) is 11.3. The van der Waals surface area contributed by atoms with Crippen LogP contribution < -0.4 is 25.8 Å². The molecule has 1 aromatic rings. The summed E-state index contributed by atoms with van der Waals surface area (Å²) in [5.74, 6) is 1.42. The molecule has 0 heterocycles. The Labute approximate surface area is 161 Å². The monoisotopic (exact) mass is 376 g/mol. The fraction of sp³-hybridized carbons (Fsp3) is 0.600. The molecule has 1 aliphatic rings. The average Bonchev–Trinajstić information content (AvgIpc) is 2.93. The number of methoxy groups -OCH3 is 1. The Morgan fingerprint density at radius 2 is 1.96 bits per heavy atom. The number of benzene rings is 1. The van der Waals surface area contributed by atoms with Gasteiger partial charge in [-0.2, -0.15) is 0 Å². The van der Waals surface area contributed by atoms with Crippen LogP contribution in [0.2, 0.25) is 0 Å². The molecule has 7 heteroatoms. The highest BCUT2D eigenvalue weighted by Crippen LogP contribution is 2.28. The lowest BCUT2D eigenvalue weighted by atomic mass is 10.1. The lowest BCUT2D eigenvalue weighted by molar-refractivity contribution is -0.123. The van der Waals surface area contributed by atoms with E-state index in [1.807, 2.05) is 19.1 Å². The molecule has 27 heavy (non-hydrogen) atoms. The van der Waals surface area contributed by atoms with Crippen LogP contribution in [0.1, 0.15) is 51.0 Å². The van der Waals surface area contributed by atoms with Crippen LogP contribution in [0.25, 0.3) is 0 Å². The van der Waals surface area contributed by atoms with Crippen LogP contribution in [0.15, 0.2) is 23.2 Å². The van der Waals surface area contributed by atoms with Crippen LogP contribution in [0.3, 0.4) is 0 Å². The Hall–Kier alpha value is -2.44. The number of ether oxygens (including phenoxy) is 2. The van der Waals surface area contributed by atoms with Crippen molar-refractivity contribution in [3.8, 4) is 11.5 Å². The zero-order valence-electron chi connectivity index (χ0n) is 16.4. The number of likely N-dealkylation sites (N-methyl/N-ethyl adjacent to an activating group) is 1. The standard InChI is InChI=1S/C20H32N4O3/c1-3-22-19(25)14-27-17-11-10-15(12-18(17)26-2)13-23-20(21)24-16-8-6-4-5-7-9-16/h10-12,16H,3-9,13-14H2,1-2H3,(H,22,25)(H3,21,23,24). The summed E-state index contributed by atoms with van der Waals surface area (Å²) in [4.78, 5) is 16.0. The number of carbonyl (C=O) groups is 1. The van der Waals surface area contributed by atoms with Gasteiger partial charge in [0, 0.05) is 12.6 Å². The van der Waals surface area contributed by atoms with Gasteiger partial charge in [-0.3, -0.25) is 4.79 Å². The van der Waals surface area contributed by atoms with E-state index in [0.29, 0.717) is 36.6 Å². The lowest BCUT2D eigenvalue weighted by Gasteiger charge is -2.16. The quantitative estimate of drug-likeness (QED) is 0.367. The SMILES string of the molecule is CCNC(=O)COc1ccc(CN=C(N)NC2CCCCCC2)cc1OC. The second-order valence-electron chi connectivity index (χ2n) is 6.76. The normalized spacial score (nSPS) is 15.7. The molecule has 1 saturated carbocycles. The van der Waals surface area contributed by atoms with E-state index in [-0.39, 0.29) is 12.5 Å². The third-order valence-electron chi connectivity index (χ3n) is 4.60. The number of carbonyl (C=O) groups excluding carboxylic acids is 1. The first-order chi connectivity index (χ1) is 13.1. The zero-order valence-corrected chi connectivity index (χ0v) is 16.4. The van der Waals surface area contributed by atoms with E-state index in [1.165, 1.54) is 25.7 Å². The molecular formula is C20H32N4O3. The highest BCUT2D eigenvalue weighted by Gasteiger charge is 2.12. The highest BCUT2D eigenvalue weighted by molar-refractivity contribution is 5.78. The Kier molecular flexibility index (Phi) is 8.74. The van der Waals surface area contributed by atoms with Gasteiger partial charge in [-0.15, -0.1) is 0 Å². The van der Waals surface area contributed by atoms with Gasteiger partial charge < -0.3 is 25.8 Å². The van der Waals surface area contributed by atoms with Crippen molar-refractivity contribution in [2.75, 3.05) is 20.3 Å². The van der Waals surface area contributed by atoms with E-state index in [2.05, 4.69) is 15.6 Å². The number of nitrogens with zero attached hydrogens (tertiary/aromatic N) is 1. The topological polar surface area (TPSA) is 98.0 Å². The number of hydrogen-bond acceptors (Lipinski definition) is 4. The maximum atomic E-state index is 11.5. The Morgan fingerprint density at radius 3 is 2.63 bits per heavy atom. The van der Waals surface area contributed by atoms with E-state index >= 15 is 0 Å². The molecule has 0 aliphatic heterocycles. The predicted molar refractivity (Wildman–Crippen MR) is 107 cm³/mol. The van der Waals surface area contributed by atoms with Crippen LogP contribution in [0, 0.1) is 0 Å². The first-order valence-electron chi connectivity index (χ1n) is 9.75. The Balaban J connectivity index is 1.90. The van der Waals surface area contributed by atoms with Crippen molar-refractivity contribution in [3.05, 3.63) is 23.8 Å². The molecule has 1 amide bonds. The van der Waals surface area contributed by atoms with Gasteiger partial charge in [0.05, 0.1) is 13.7 Å². The van der Waals surface area contributed by atoms with Gasteiger partial charge in [0.1, 0.15) is 0 Å². The fourth-order valence-corrected chi connectivity index (χ4v) is 3.18. The molecule has 7 nitrogen and oxygen atoms in total. The molecule has 1 aliphatic carbocycles. The molecule has 0 radical (unpaired) electrons. The van der Waals surface area contributed by atoms with Crippen LogP contribution in [-0.2, 0) is 11.3 Å². The molecule has 1 fully saturated rings. The van der Waals surface area contributed by atoms with Crippen molar-refractivity contribution in [3.63, 3.8) is 0 Å². The molecular weight excluding hydrogens is 344 g/mol. The Bertz CT molecular complexity index is 626. The smallest absolute Gasteiger partial charge is 0.257 e. The minimum Gasteiger partial charge on any atom is -0.493 e. The van der Waals surface area contributed by atoms with Crippen LogP contribution >= 0.6 is 0 Å². The summed E-state index contributed by atoms with van der Waals surface area (Å²) in [6.45, 7) is 2.86. The number of rotatable bonds is 8. The molecule has 0 saturated heterocycles. The number of nitrogens with two attached hydrogens (primary N) is 1. The molecule has 0 unspecified atom stereocenters. The van der Waals surface area contributed by atoms with Crippen molar-refractivity contribution in [1.29, 1.82) is 0 Å². The third-order valence-corrected chi connectivity index (χ3v) is 4.60. The van der Waals surface area contributed by atoms with Crippen molar-refractivity contribution in [2.45, 2.75) is 58.0 Å². The number of hydrogen-bond donors (Lipinski definition) is 3. The average molecular weight is 377 g/mol. The van der Waals surface area contributed by atoms with Gasteiger partial charge >= 0.3 is 0 Å². The third kappa shape index (κ3) is 7.37. The summed E-state index contributed by atoms with van der Waals surface area (Å²) in [5, 5.41) is 6.03. The van der Waals surface area contributed by atoms with E-state index in [9.17, 15) is 4.79 Å². The zero-order chi connectivity index (χ0) is 19.5. The first-order valence-corrected chi connectivity index (χ1v) is 9.75. The van der Waals surface area contributed by atoms with Crippen LogP contribution in [-0.4, -0.2) is 38.2 Å². The lowest BCUT2D eigenvalue weighted by Crippen LogP contribution is -2.39. The second-order valence-corrected chi connectivity index (χ2v) is 6.76. The number of amides is 1. The van der Waals surface area contributed by atoms with Gasteiger partial charge in [-0.1, -0.05) is 31.7 Å². The fourth-order valence-electron chi connectivity index (χ4n) is 3.18. The van der Waals surface area contributed by atoms with Crippen molar-refractivity contribution in [2.24, 2.45) is 10.7 Å². The predicted octanol–water partition coefficient (Wildman–Crippen LogP) is 2.34. The van der Waals surface area contributed by atoms with E-state index in [4.69, 9.17) is 15.2 Å². The molecule has 1 aromatic carbocycles. The van der Waals surface area contributed by atoms with Gasteiger partial charge in [-0.05, 0) is 37.5 Å². The molecule has 150 valence electrons. The van der Waals surface area contributed by atoms with Gasteiger partial charge in [-0.25, -0.2) is 4.99 Å². The van der Waals surface area contributed by atoms with E-state index < -0.39 is 0 Å². The van der Waals surface area contributed by atoms with Crippen LogP contribution in [0.4, 0.5) is 0 Å². The summed E-state index contributed by atoms with van der Waals surface area (Å²) in [6.07, 6.45) is 7.43. The first kappa shape index (κ1) is 20.9. The summed E-state index contributed by atoms with van der Waals surface area (Å²) >= 11 is 0. The molecule has 0 bridgehead atoms. The Morgan fingerprint density at radius 1 is 1.22 bits per heavy atom. The molecule has 2 rings (SSSR count). The van der Waals surface area contributed by atoms with Crippen LogP contribution in [0.5, 0.6) is 11.5 Å². The van der Waals surface area contributed by atoms with Crippen molar-refractivity contribution >= 4 is 11.9 Å². The van der Waals surface area contributed by atoms with Gasteiger partial charge in [0.15, 0.2) is 24.1 Å². The van der Waals surface area contributed by atoms with Gasteiger partial charge in [0.25, 0.3) is 5.91 Å². The summed E-state index contributed by atoms with van der Waals surface area (Å²) < 4.78 is 10.9. The van der Waals surface area contributed by atoms with Crippen molar-refractivity contribution < 1.29 is 14.3 Å².